The Bertz CT molecular complexity index is 320. The van der Waals surface area contributed by atoms with Crippen molar-refractivity contribution in [3.05, 3.63) is 0 Å². The van der Waals surface area contributed by atoms with Gasteiger partial charge in [0.25, 0.3) is 0 Å². The molecule has 0 saturated carbocycles. The molecule has 12 heteroatoms. The van der Waals surface area contributed by atoms with Crippen molar-refractivity contribution < 1.29 is 44.8 Å². The zero-order valence-electron chi connectivity index (χ0n) is 10.6. The molecule has 4 N–H and O–H groups in total. The first-order valence-corrected chi connectivity index (χ1v) is 7.30. The van der Waals surface area contributed by atoms with Crippen LogP contribution in [0.25, 0.3) is 0 Å². The topological polar surface area (TPSA) is 164 Å². The summed E-state index contributed by atoms with van der Waals surface area (Å²) in [7, 11) is -1.10. The predicted molar refractivity (Wildman–Crippen MR) is 60.0 cm³/mol. The molecule has 18 heavy (non-hydrogen) atoms. The lowest BCUT2D eigenvalue weighted by Gasteiger charge is -2.09. The van der Waals surface area contributed by atoms with E-state index in [0.29, 0.717) is 0 Å². The molecule has 0 aliphatic rings. The third-order valence-electron chi connectivity index (χ3n) is 1.12. The Morgan fingerprint density at radius 1 is 0.778 bits per heavy atom. The number of quaternary nitrogens is 2. The van der Waals surface area contributed by atoms with Gasteiger partial charge >= 0.3 is 0 Å². The molecule has 0 fully saturated rings. The molecular formula is C6H20N2O8S2. The van der Waals surface area contributed by atoms with Crippen molar-refractivity contribution >= 4 is 20.8 Å². The lowest BCUT2D eigenvalue weighted by atomic mass is 10.5. The van der Waals surface area contributed by atoms with E-state index >= 15 is 0 Å². The first-order chi connectivity index (χ1) is 7.63. The quantitative estimate of drug-likeness (QED) is 0.298. The van der Waals surface area contributed by atoms with Crippen LogP contribution in [-0.2, 0) is 20.8 Å². The lowest BCUT2D eigenvalue weighted by Crippen LogP contribution is -3.14. The largest absolute Gasteiger partial charge is 0.726 e. The molecule has 0 bridgehead atoms. The minimum atomic E-state index is -4.92. The molecule has 0 spiro atoms. The molecule has 0 unspecified atom stereocenters. The van der Waals surface area contributed by atoms with Crippen LogP contribution in [0.1, 0.15) is 0 Å². The minimum absolute atomic E-state index is 1.27. The van der Waals surface area contributed by atoms with E-state index in [4.69, 9.17) is 35.0 Å². The van der Waals surface area contributed by atoms with Crippen molar-refractivity contribution in [2.45, 2.75) is 0 Å². The number of nitrogens with one attached hydrogen (secondary N) is 2. The summed E-state index contributed by atoms with van der Waals surface area (Å²) in [5.41, 5.74) is 0. The average molecular weight is 312 g/mol. The first kappa shape index (κ1) is 22.8. The maximum absolute atomic E-state index is 8.63. The van der Waals surface area contributed by atoms with E-state index < -0.39 is 20.8 Å². The Morgan fingerprint density at radius 3 is 0.944 bits per heavy atom. The number of likely N-dealkylation sites (N-methyl/N-ethyl adjacent to an activating group) is 2. The summed E-state index contributed by atoms with van der Waals surface area (Å²) in [6.45, 7) is 2.53. The second-order valence-corrected chi connectivity index (χ2v) is 5.48. The van der Waals surface area contributed by atoms with Crippen LogP contribution >= 0.6 is 0 Å². The van der Waals surface area contributed by atoms with Crippen LogP contribution in [0.3, 0.4) is 0 Å². The van der Waals surface area contributed by atoms with Gasteiger partial charge in [0.15, 0.2) is 0 Å². The van der Waals surface area contributed by atoms with Crippen molar-refractivity contribution in [2.24, 2.45) is 0 Å². The van der Waals surface area contributed by atoms with Gasteiger partial charge < -0.3 is 18.9 Å². The molecule has 0 aliphatic carbocycles. The molecule has 0 heterocycles. The summed E-state index contributed by atoms with van der Waals surface area (Å²) in [4.78, 5) is 3.07. The summed E-state index contributed by atoms with van der Waals surface area (Å²) >= 11 is 0. The summed E-state index contributed by atoms with van der Waals surface area (Å²) in [6.07, 6.45) is 0. The summed E-state index contributed by atoms with van der Waals surface area (Å²) in [6, 6.07) is 0. The van der Waals surface area contributed by atoms with Gasteiger partial charge in [0.2, 0.25) is 20.8 Å². The highest BCUT2D eigenvalue weighted by Crippen LogP contribution is 1.58. The van der Waals surface area contributed by atoms with Gasteiger partial charge in [-0.3, -0.25) is 9.11 Å². The summed E-state index contributed by atoms with van der Waals surface area (Å²) < 4.78 is 65.7. The van der Waals surface area contributed by atoms with Crippen LogP contribution in [0.2, 0.25) is 0 Å². The second-order valence-electron chi connectivity index (χ2n) is 3.77. The Hall–Kier alpha value is -0.340. The van der Waals surface area contributed by atoms with Crippen LogP contribution in [-0.4, -0.2) is 76.3 Å². The molecule has 0 saturated heterocycles. The van der Waals surface area contributed by atoms with Crippen molar-refractivity contribution in [1.82, 2.24) is 0 Å². The SMILES string of the molecule is C[NH+](C)CC[NH+](C)C.O=S(=O)([O-])O.O=S(=O)([O-])O. The second kappa shape index (κ2) is 10.6. The number of rotatable bonds is 3. The van der Waals surface area contributed by atoms with Crippen LogP contribution in [0.15, 0.2) is 0 Å². The molecule has 114 valence electrons. The van der Waals surface area contributed by atoms with Crippen LogP contribution in [0.4, 0.5) is 0 Å². The fourth-order valence-corrected chi connectivity index (χ4v) is 0.500. The first-order valence-electron chi connectivity index (χ1n) is 4.57. The van der Waals surface area contributed by atoms with E-state index in [2.05, 4.69) is 28.2 Å². The van der Waals surface area contributed by atoms with Crippen molar-refractivity contribution in [3.63, 3.8) is 0 Å². The van der Waals surface area contributed by atoms with E-state index in [1.807, 2.05) is 0 Å². The monoisotopic (exact) mass is 312 g/mol. The smallest absolute Gasteiger partial charge is 0.215 e. The van der Waals surface area contributed by atoms with Gasteiger partial charge in [-0.2, -0.15) is 0 Å². The van der Waals surface area contributed by atoms with Crippen LogP contribution < -0.4 is 9.80 Å². The maximum Gasteiger partial charge on any atom is 0.215 e. The lowest BCUT2D eigenvalue weighted by molar-refractivity contribution is -0.918. The molecule has 10 nitrogen and oxygen atoms in total. The van der Waals surface area contributed by atoms with Gasteiger partial charge in [-0.05, 0) is 0 Å². The zero-order valence-corrected chi connectivity index (χ0v) is 12.2. The van der Waals surface area contributed by atoms with Crippen LogP contribution in [0, 0.1) is 0 Å². The van der Waals surface area contributed by atoms with Crippen molar-refractivity contribution in [2.75, 3.05) is 41.3 Å². The molecule has 0 aromatic heterocycles. The third kappa shape index (κ3) is 155. The highest BCUT2D eigenvalue weighted by atomic mass is 32.3. The van der Waals surface area contributed by atoms with Gasteiger partial charge in [-0.15, -0.1) is 0 Å². The molecule has 0 aromatic rings. The standard InChI is InChI=1S/C6H16N2.2H2O4S/c1-7(2)5-6-8(3)4;2*1-5(2,3)4/h5-6H2,1-4H3;2*(H2,1,2,3,4). The molecule has 0 rings (SSSR count). The van der Waals surface area contributed by atoms with E-state index in [1.54, 1.807) is 0 Å². The minimum Gasteiger partial charge on any atom is -0.726 e. The zero-order chi connectivity index (χ0) is 15.6. The molecule has 0 atom stereocenters. The van der Waals surface area contributed by atoms with Gasteiger partial charge in [-0.25, -0.2) is 16.8 Å². The van der Waals surface area contributed by atoms with Crippen molar-refractivity contribution in [3.8, 4) is 0 Å². The number of hydrogen-bond donors (Lipinski definition) is 4. The Morgan fingerprint density at radius 2 is 0.889 bits per heavy atom. The average Bonchev–Trinajstić information content (AvgIpc) is 1.93. The van der Waals surface area contributed by atoms with Crippen LogP contribution in [0.5, 0.6) is 0 Å². The normalized spacial score (nSPS) is 11.4. The highest BCUT2D eigenvalue weighted by molar-refractivity contribution is 7.80. The highest BCUT2D eigenvalue weighted by Gasteiger charge is 1.95. The van der Waals surface area contributed by atoms with E-state index in [-0.39, 0.29) is 0 Å². The summed E-state index contributed by atoms with van der Waals surface area (Å²) in [5.74, 6) is 0. The third-order valence-corrected chi connectivity index (χ3v) is 1.12. The van der Waals surface area contributed by atoms with E-state index in [9.17, 15) is 0 Å². The van der Waals surface area contributed by atoms with Crippen molar-refractivity contribution in [1.29, 1.82) is 0 Å². The molecule has 0 aromatic carbocycles. The van der Waals surface area contributed by atoms with Gasteiger partial charge in [0.1, 0.15) is 13.1 Å². The molecule has 0 amide bonds. The summed E-state index contributed by atoms with van der Waals surface area (Å²) in [5, 5.41) is 0. The molecular weight excluding hydrogens is 292 g/mol. The molecule has 0 radical (unpaired) electrons. The Labute approximate surface area is 107 Å². The van der Waals surface area contributed by atoms with Gasteiger partial charge in [-0.1, -0.05) is 0 Å². The molecule has 0 aliphatic heterocycles. The Balaban J connectivity index is -0.000000197. The fraction of sp³-hybridized carbons (Fsp3) is 1.00. The number of hydrogen-bond acceptors (Lipinski definition) is 6. The Kier molecular flexibility index (Phi) is 13.4. The van der Waals surface area contributed by atoms with Gasteiger partial charge in [0, 0.05) is 0 Å². The van der Waals surface area contributed by atoms with E-state index in [1.165, 1.54) is 22.9 Å². The fourth-order valence-electron chi connectivity index (χ4n) is 0.500. The van der Waals surface area contributed by atoms with E-state index in [0.717, 1.165) is 0 Å². The predicted octanol–water partition coefficient (Wildman–Crippen LogP) is -4.72. The maximum atomic E-state index is 8.63. The van der Waals surface area contributed by atoms with Gasteiger partial charge in [0.05, 0.1) is 28.2 Å².